The molecular weight excluding hydrogens is 138 g/mol. The molecule has 11 heavy (non-hydrogen) atoms. The molecule has 1 heterocycles. The summed E-state index contributed by atoms with van der Waals surface area (Å²) < 4.78 is 5.17. The van der Waals surface area contributed by atoms with Gasteiger partial charge in [-0.2, -0.15) is 0 Å². The molecule has 1 spiro atoms. The predicted octanol–water partition coefficient (Wildman–Crippen LogP) is 1.02. The summed E-state index contributed by atoms with van der Waals surface area (Å²) in [6, 6.07) is 0. The van der Waals surface area contributed by atoms with Crippen molar-refractivity contribution in [1.29, 1.82) is 0 Å². The van der Waals surface area contributed by atoms with Crippen molar-refractivity contribution >= 4 is 0 Å². The largest absolute Gasteiger partial charge is 0.384 e. The van der Waals surface area contributed by atoms with Crippen LogP contribution in [-0.4, -0.2) is 26.8 Å². The number of methoxy groups -OCH3 is 1. The maximum atomic E-state index is 5.17. The van der Waals surface area contributed by atoms with Crippen LogP contribution in [0, 0.1) is 11.3 Å². The predicted molar refractivity (Wildman–Crippen MR) is 44.5 cm³/mol. The topological polar surface area (TPSA) is 21.3 Å². The number of hydrogen-bond acceptors (Lipinski definition) is 2. The van der Waals surface area contributed by atoms with Crippen LogP contribution in [0.25, 0.3) is 0 Å². The molecule has 2 nitrogen and oxygen atoms in total. The van der Waals surface area contributed by atoms with Crippen LogP contribution in [0.15, 0.2) is 0 Å². The van der Waals surface area contributed by atoms with E-state index < -0.39 is 0 Å². The van der Waals surface area contributed by atoms with Gasteiger partial charge in [0.25, 0.3) is 0 Å². The standard InChI is InChI=1S/C9H17NO/c1-11-7-8-6-9(8)2-4-10-5-3-9/h8,10H,2-7H2,1H3. The first-order valence-corrected chi connectivity index (χ1v) is 4.57. The Kier molecular flexibility index (Phi) is 1.90. The molecule has 2 rings (SSSR count). The lowest BCUT2D eigenvalue weighted by Crippen LogP contribution is -2.30. The fraction of sp³-hybridized carbons (Fsp3) is 1.00. The Morgan fingerprint density at radius 3 is 2.82 bits per heavy atom. The first kappa shape index (κ1) is 7.56. The highest BCUT2D eigenvalue weighted by molar-refractivity contribution is 5.04. The first-order chi connectivity index (χ1) is 5.37. The SMILES string of the molecule is COCC1CC12CCNCC2. The fourth-order valence-corrected chi connectivity index (χ4v) is 2.41. The van der Waals surface area contributed by atoms with Crippen molar-refractivity contribution in [1.82, 2.24) is 5.32 Å². The summed E-state index contributed by atoms with van der Waals surface area (Å²) in [6.07, 6.45) is 4.17. The van der Waals surface area contributed by atoms with Gasteiger partial charge in [-0.05, 0) is 43.7 Å². The molecular formula is C9H17NO. The Morgan fingerprint density at radius 2 is 2.18 bits per heavy atom. The van der Waals surface area contributed by atoms with E-state index in [1.807, 2.05) is 7.11 Å². The Bertz CT molecular complexity index is 140. The fourth-order valence-electron chi connectivity index (χ4n) is 2.41. The van der Waals surface area contributed by atoms with E-state index in [1.165, 1.54) is 32.4 Å². The molecule has 2 fully saturated rings. The number of piperidine rings is 1. The van der Waals surface area contributed by atoms with Crippen molar-refractivity contribution in [3.63, 3.8) is 0 Å². The summed E-state index contributed by atoms with van der Waals surface area (Å²) >= 11 is 0. The number of rotatable bonds is 2. The third kappa shape index (κ3) is 1.30. The zero-order valence-electron chi connectivity index (χ0n) is 7.23. The van der Waals surface area contributed by atoms with Crippen LogP contribution in [0.3, 0.4) is 0 Å². The van der Waals surface area contributed by atoms with E-state index in [0.717, 1.165) is 12.5 Å². The van der Waals surface area contributed by atoms with Gasteiger partial charge in [-0.25, -0.2) is 0 Å². The third-order valence-electron chi connectivity index (χ3n) is 3.33. The average Bonchev–Trinajstić information content (AvgIpc) is 2.66. The minimum atomic E-state index is 0.710. The second kappa shape index (κ2) is 2.76. The molecule has 1 atom stereocenters. The van der Waals surface area contributed by atoms with Crippen molar-refractivity contribution in [3.05, 3.63) is 0 Å². The maximum absolute atomic E-state index is 5.17. The summed E-state index contributed by atoms with van der Waals surface area (Å²) in [5.41, 5.74) is 0.710. The molecule has 0 aromatic carbocycles. The van der Waals surface area contributed by atoms with Crippen molar-refractivity contribution in [2.75, 3.05) is 26.8 Å². The van der Waals surface area contributed by atoms with Crippen LogP contribution in [0.4, 0.5) is 0 Å². The summed E-state index contributed by atoms with van der Waals surface area (Å²) in [6.45, 7) is 3.43. The van der Waals surface area contributed by atoms with E-state index in [-0.39, 0.29) is 0 Å². The summed E-state index contributed by atoms with van der Waals surface area (Å²) in [7, 11) is 1.81. The molecule has 1 saturated carbocycles. The highest BCUT2D eigenvalue weighted by atomic mass is 16.5. The Hall–Kier alpha value is -0.0800. The molecule has 0 amide bonds. The normalized spacial score (nSPS) is 34.1. The molecule has 1 saturated heterocycles. The number of hydrogen-bond donors (Lipinski definition) is 1. The minimum Gasteiger partial charge on any atom is -0.384 e. The molecule has 0 aromatic rings. The summed E-state index contributed by atoms with van der Waals surface area (Å²) in [5, 5.41) is 3.40. The van der Waals surface area contributed by atoms with Gasteiger partial charge in [-0.3, -0.25) is 0 Å². The number of ether oxygens (including phenoxy) is 1. The van der Waals surface area contributed by atoms with Gasteiger partial charge in [0.2, 0.25) is 0 Å². The lowest BCUT2D eigenvalue weighted by Gasteiger charge is -2.23. The van der Waals surface area contributed by atoms with Crippen molar-refractivity contribution in [2.24, 2.45) is 11.3 Å². The molecule has 1 aliphatic carbocycles. The van der Waals surface area contributed by atoms with Gasteiger partial charge in [0.15, 0.2) is 0 Å². The van der Waals surface area contributed by atoms with Crippen LogP contribution in [-0.2, 0) is 4.74 Å². The van der Waals surface area contributed by atoms with Crippen LogP contribution < -0.4 is 5.32 Å². The van der Waals surface area contributed by atoms with Gasteiger partial charge < -0.3 is 10.1 Å². The highest BCUT2D eigenvalue weighted by Gasteiger charge is 2.53. The molecule has 2 heteroatoms. The lowest BCUT2D eigenvalue weighted by molar-refractivity contribution is 0.162. The second-order valence-electron chi connectivity index (χ2n) is 3.97. The molecule has 0 bridgehead atoms. The second-order valence-corrected chi connectivity index (χ2v) is 3.97. The van der Waals surface area contributed by atoms with E-state index >= 15 is 0 Å². The van der Waals surface area contributed by atoms with Gasteiger partial charge in [0.05, 0.1) is 0 Å². The smallest absolute Gasteiger partial charge is 0.0496 e. The van der Waals surface area contributed by atoms with Crippen LogP contribution in [0.5, 0.6) is 0 Å². The zero-order chi connectivity index (χ0) is 7.73. The quantitative estimate of drug-likeness (QED) is 0.643. The Morgan fingerprint density at radius 1 is 1.45 bits per heavy atom. The highest BCUT2D eigenvalue weighted by Crippen LogP contribution is 2.58. The van der Waals surface area contributed by atoms with E-state index in [4.69, 9.17) is 4.74 Å². The van der Waals surface area contributed by atoms with Gasteiger partial charge in [-0.1, -0.05) is 0 Å². The summed E-state index contributed by atoms with van der Waals surface area (Å²) in [5.74, 6) is 0.884. The van der Waals surface area contributed by atoms with Crippen LogP contribution in [0.2, 0.25) is 0 Å². The van der Waals surface area contributed by atoms with Gasteiger partial charge in [0.1, 0.15) is 0 Å². The summed E-state index contributed by atoms with van der Waals surface area (Å²) in [4.78, 5) is 0. The Balaban J connectivity index is 1.84. The van der Waals surface area contributed by atoms with Gasteiger partial charge in [-0.15, -0.1) is 0 Å². The zero-order valence-corrected chi connectivity index (χ0v) is 7.23. The molecule has 1 aliphatic heterocycles. The molecule has 64 valence electrons. The van der Waals surface area contributed by atoms with E-state index in [1.54, 1.807) is 0 Å². The van der Waals surface area contributed by atoms with Crippen molar-refractivity contribution in [3.8, 4) is 0 Å². The van der Waals surface area contributed by atoms with Crippen LogP contribution in [0.1, 0.15) is 19.3 Å². The molecule has 1 unspecified atom stereocenters. The molecule has 2 aliphatic rings. The lowest BCUT2D eigenvalue weighted by atomic mass is 9.92. The Labute approximate surface area is 68.3 Å². The van der Waals surface area contributed by atoms with E-state index in [2.05, 4.69) is 5.32 Å². The monoisotopic (exact) mass is 155 g/mol. The number of nitrogens with one attached hydrogen (secondary N) is 1. The average molecular weight is 155 g/mol. The van der Waals surface area contributed by atoms with E-state index in [9.17, 15) is 0 Å². The molecule has 0 aromatic heterocycles. The third-order valence-corrected chi connectivity index (χ3v) is 3.33. The first-order valence-electron chi connectivity index (χ1n) is 4.57. The van der Waals surface area contributed by atoms with Gasteiger partial charge in [0, 0.05) is 13.7 Å². The van der Waals surface area contributed by atoms with E-state index in [0.29, 0.717) is 5.41 Å². The molecule has 0 radical (unpaired) electrons. The maximum Gasteiger partial charge on any atom is 0.0496 e. The van der Waals surface area contributed by atoms with Gasteiger partial charge >= 0.3 is 0 Å². The minimum absolute atomic E-state index is 0.710. The van der Waals surface area contributed by atoms with Crippen molar-refractivity contribution in [2.45, 2.75) is 19.3 Å². The molecule has 1 N–H and O–H groups in total. The van der Waals surface area contributed by atoms with Crippen molar-refractivity contribution < 1.29 is 4.74 Å². The van der Waals surface area contributed by atoms with Crippen LogP contribution >= 0.6 is 0 Å².